The molecule has 2 nitrogen and oxygen atoms in total. The van der Waals surface area contributed by atoms with Gasteiger partial charge < -0.3 is 10.2 Å². The molecule has 1 atom stereocenters. The first-order chi connectivity index (χ1) is 8.37. The van der Waals surface area contributed by atoms with Gasteiger partial charge in [-0.25, -0.2) is 0 Å². The van der Waals surface area contributed by atoms with Gasteiger partial charge in [-0.15, -0.1) is 0 Å². The molecule has 0 amide bonds. The van der Waals surface area contributed by atoms with Gasteiger partial charge in [-0.1, -0.05) is 23.7 Å². The summed E-state index contributed by atoms with van der Waals surface area (Å²) in [6, 6.07) is 6.01. The molecule has 2 N–H and O–H groups in total. The molecule has 0 aliphatic carbocycles. The third-order valence-electron chi connectivity index (χ3n) is 2.62. The Kier molecular flexibility index (Phi) is 3.54. The number of nitrogens with two attached hydrogens (primary N) is 1. The summed E-state index contributed by atoms with van der Waals surface area (Å²) >= 11 is 5.91. The molecule has 0 saturated carbocycles. The van der Waals surface area contributed by atoms with Crippen LogP contribution in [0.1, 0.15) is 24.6 Å². The fourth-order valence-corrected chi connectivity index (χ4v) is 1.91. The average Bonchev–Trinajstić information content (AvgIpc) is 2.70. The second-order valence-corrected chi connectivity index (χ2v) is 4.47. The van der Waals surface area contributed by atoms with Crippen molar-refractivity contribution in [1.82, 2.24) is 0 Å². The van der Waals surface area contributed by atoms with Crippen LogP contribution in [0.3, 0.4) is 0 Å². The molecular formula is C12H11ClF3NO. The number of benzene rings is 1. The van der Waals surface area contributed by atoms with Crippen LogP contribution in [-0.2, 0) is 0 Å². The van der Waals surface area contributed by atoms with E-state index >= 15 is 0 Å². The van der Waals surface area contributed by atoms with E-state index in [4.69, 9.17) is 21.8 Å². The van der Waals surface area contributed by atoms with Gasteiger partial charge in [-0.05, 0) is 18.6 Å². The number of furan rings is 1. The molecule has 2 rings (SSSR count). The highest BCUT2D eigenvalue weighted by Gasteiger charge is 2.28. The summed E-state index contributed by atoms with van der Waals surface area (Å²) in [6.45, 7) is 0. The molecule has 98 valence electrons. The summed E-state index contributed by atoms with van der Waals surface area (Å²) in [4.78, 5) is 0. The van der Waals surface area contributed by atoms with Crippen LogP contribution in [0.15, 0.2) is 28.7 Å². The van der Waals surface area contributed by atoms with Crippen molar-refractivity contribution in [2.24, 2.45) is 5.73 Å². The van der Waals surface area contributed by atoms with E-state index in [-0.39, 0.29) is 6.42 Å². The first-order valence-corrected chi connectivity index (χ1v) is 5.75. The predicted molar refractivity (Wildman–Crippen MR) is 63.4 cm³/mol. The van der Waals surface area contributed by atoms with Gasteiger partial charge in [0, 0.05) is 11.8 Å². The lowest BCUT2D eigenvalue weighted by Crippen LogP contribution is -2.15. The van der Waals surface area contributed by atoms with E-state index in [0.717, 1.165) is 5.39 Å². The van der Waals surface area contributed by atoms with Gasteiger partial charge in [0.2, 0.25) is 0 Å². The smallest absolute Gasteiger partial charge is 0.389 e. The second kappa shape index (κ2) is 4.82. The van der Waals surface area contributed by atoms with E-state index in [0.29, 0.717) is 16.4 Å². The summed E-state index contributed by atoms with van der Waals surface area (Å²) in [5, 5.41) is 1.15. The highest BCUT2D eigenvalue weighted by molar-refractivity contribution is 6.34. The number of hydrogen-bond donors (Lipinski definition) is 1. The molecule has 0 saturated heterocycles. The largest absolute Gasteiger partial charge is 0.458 e. The Bertz CT molecular complexity index is 550. The van der Waals surface area contributed by atoms with Crippen LogP contribution < -0.4 is 5.73 Å². The Labute approximate surface area is 107 Å². The molecule has 0 fully saturated rings. The molecule has 0 aliphatic heterocycles. The van der Waals surface area contributed by atoms with Gasteiger partial charge in [0.1, 0.15) is 5.76 Å². The van der Waals surface area contributed by atoms with Crippen molar-refractivity contribution in [1.29, 1.82) is 0 Å². The van der Waals surface area contributed by atoms with E-state index in [9.17, 15) is 13.2 Å². The summed E-state index contributed by atoms with van der Waals surface area (Å²) in [6.07, 6.45) is -5.35. The topological polar surface area (TPSA) is 39.2 Å². The van der Waals surface area contributed by atoms with Gasteiger partial charge in [0.15, 0.2) is 5.58 Å². The van der Waals surface area contributed by atoms with E-state index in [1.807, 2.05) is 0 Å². The fourth-order valence-electron chi connectivity index (χ4n) is 1.69. The van der Waals surface area contributed by atoms with E-state index in [1.54, 1.807) is 24.3 Å². The first kappa shape index (κ1) is 13.2. The summed E-state index contributed by atoms with van der Waals surface area (Å²) < 4.78 is 41.7. The standard InChI is InChI=1S/C12H11ClF3NO/c13-8-3-1-2-7-6-10(18-11(7)8)9(17)4-5-12(14,15)16/h1-3,6,9H,4-5,17H2. The Morgan fingerprint density at radius 2 is 2.06 bits per heavy atom. The summed E-state index contributed by atoms with van der Waals surface area (Å²) in [5.74, 6) is 0.322. The van der Waals surface area contributed by atoms with Crippen LogP contribution in [0.5, 0.6) is 0 Å². The molecule has 18 heavy (non-hydrogen) atoms. The SMILES string of the molecule is NC(CCC(F)(F)F)c1cc2cccc(Cl)c2o1. The lowest BCUT2D eigenvalue weighted by Gasteiger charge is -2.10. The zero-order valence-electron chi connectivity index (χ0n) is 9.30. The molecule has 1 aromatic heterocycles. The van der Waals surface area contributed by atoms with Crippen LogP contribution in [-0.4, -0.2) is 6.18 Å². The zero-order chi connectivity index (χ0) is 13.3. The van der Waals surface area contributed by atoms with Crippen molar-refractivity contribution in [2.75, 3.05) is 0 Å². The molecule has 1 aromatic carbocycles. The number of para-hydroxylation sites is 1. The maximum atomic E-state index is 12.1. The maximum absolute atomic E-state index is 12.1. The summed E-state index contributed by atoms with van der Waals surface area (Å²) in [5.41, 5.74) is 6.13. The highest BCUT2D eigenvalue weighted by Crippen LogP contribution is 2.31. The number of fused-ring (bicyclic) bond motifs is 1. The second-order valence-electron chi connectivity index (χ2n) is 4.07. The molecule has 6 heteroatoms. The minimum atomic E-state index is -4.21. The Hall–Kier alpha value is -1.20. The van der Waals surface area contributed by atoms with Crippen LogP contribution in [0, 0.1) is 0 Å². The van der Waals surface area contributed by atoms with Crippen molar-refractivity contribution >= 4 is 22.6 Å². The quantitative estimate of drug-likeness (QED) is 0.901. The highest BCUT2D eigenvalue weighted by atomic mass is 35.5. The van der Waals surface area contributed by atoms with Gasteiger partial charge in [-0.2, -0.15) is 13.2 Å². The third-order valence-corrected chi connectivity index (χ3v) is 2.92. The molecule has 0 aliphatic rings. The molecular weight excluding hydrogens is 267 g/mol. The van der Waals surface area contributed by atoms with Crippen molar-refractivity contribution < 1.29 is 17.6 Å². The Morgan fingerprint density at radius 3 is 2.67 bits per heavy atom. The number of halogens is 4. The Morgan fingerprint density at radius 1 is 1.33 bits per heavy atom. The minimum Gasteiger partial charge on any atom is -0.458 e. The van der Waals surface area contributed by atoms with Crippen molar-refractivity contribution in [3.05, 3.63) is 35.0 Å². The van der Waals surface area contributed by atoms with Crippen LogP contribution in [0.25, 0.3) is 11.0 Å². The monoisotopic (exact) mass is 277 g/mol. The number of rotatable bonds is 3. The first-order valence-electron chi connectivity index (χ1n) is 5.37. The van der Waals surface area contributed by atoms with Crippen LogP contribution >= 0.6 is 11.6 Å². The van der Waals surface area contributed by atoms with E-state index < -0.39 is 18.6 Å². The lowest BCUT2D eigenvalue weighted by molar-refractivity contribution is -0.136. The molecule has 2 aromatic rings. The fraction of sp³-hybridized carbons (Fsp3) is 0.333. The summed E-state index contributed by atoms with van der Waals surface area (Å²) in [7, 11) is 0. The van der Waals surface area contributed by atoms with Gasteiger partial charge >= 0.3 is 6.18 Å². The molecule has 1 unspecified atom stereocenters. The minimum absolute atomic E-state index is 0.207. The van der Waals surface area contributed by atoms with Gasteiger partial charge in [-0.3, -0.25) is 0 Å². The lowest BCUT2D eigenvalue weighted by atomic mass is 10.1. The van der Waals surface area contributed by atoms with Gasteiger partial charge in [0.25, 0.3) is 0 Å². The third kappa shape index (κ3) is 2.97. The van der Waals surface area contributed by atoms with Crippen molar-refractivity contribution in [3.8, 4) is 0 Å². The normalized spacial score (nSPS) is 14.1. The van der Waals surface area contributed by atoms with E-state index in [1.165, 1.54) is 0 Å². The molecule has 0 spiro atoms. The molecule has 1 heterocycles. The zero-order valence-corrected chi connectivity index (χ0v) is 10.1. The van der Waals surface area contributed by atoms with Gasteiger partial charge in [0.05, 0.1) is 11.1 Å². The predicted octanol–water partition coefficient (Wildman–Crippen LogP) is 4.43. The number of hydrogen-bond acceptors (Lipinski definition) is 2. The van der Waals surface area contributed by atoms with Crippen molar-refractivity contribution in [2.45, 2.75) is 25.1 Å². The number of alkyl halides is 3. The van der Waals surface area contributed by atoms with Crippen molar-refractivity contribution in [3.63, 3.8) is 0 Å². The Balaban J connectivity index is 2.18. The molecule has 0 bridgehead atoms. The average molecular weight is 278 g/mol. The molecule has 0 radical (unpaired) electrons. The maximum Gasteiger partial charge on any atom is 0.389 e. The van der Waals surface area contributed by atoms with E-state index in [2.05, 4.69) is 0 Å². The van der Waals surface area contributed by atoms with Crippen LogP contribution in [0.4, 0.5) is 13.2 Å². The van der Waals surface area contributed by atoms with Crippen LogP contribution in [0.2, 0.25) is 5.02 Å².